The number of hydrogen-bond acceptors (Lipinski definition) is 3. The zero-order chi connectivity index (χ0) is 15.9. The van der Waals surface area contributed by atoms with Crippen LogP contribution >= 0.6 is 0 Å². The lowest BCUT2D eigenvalue weighted by atomic mass is 9.94. The largest absolute Gasteiger partial charge is 0.497 e. The number of ether oxygens (including phenoxy) is 2. The van der Waals surface area contributed by atoms with E-state index in [2.05, 4.69) is 0 Å². The van der Waals surface area contributed by atoms with Crippen molar-refractivity contribution >= 4 is 5.91 Å². The molecule has 0 bridgehead atoms. The highest BCUT2D eigenvalue weighted by Gasteiger charge is 2.28. The minimum Gasteiger partial charge on any atom is -0.497 e. The number of nitrogens with zero attached hydrogens (tertiary/aromatic N) is 1. The molecule has 0 aromatic heterocycles. The molecule has 0 N–H and O–H groups in total. The van der Waals surface area contributed by atoms with Crippen LogP contribution in [0.5, 0.6) is 11.5 Å². The van der Waals surface area contributed by atoms with E-state index in [0.717, 1.165) is 18.6 Å². The first-order valence-corrected chi connectivity index (χ1v) is 8.23. The highest BCUT2D eigenvalue weighted by atomic mass is 16.5. The predicted octanol–water partition coefficient (Wildman–Crippen LogP) is 3.64. The van der Waals surface area contributed by atoms with E-state index in [9.17, 15) is 4.79 Å². The summed E-state index contributed by atoms with van der Waals surface area (Å²) >= 11 is 0. The summed E-state index contributed by atoms with van der Waals surface area (Å²) in [6.45, 7) is 1.99. The molecule has 1 aromatic carbocycles. The molecule has 0 aliphatic heterocycles. The van der Waals surface area contributed by atoms with E-state index < -0.39 is 6.10 Å². The smallest absolute Gasteiger partial charge is 0.263 e. The summed E-state index contributed by atoms with van der Waals surface area (Å²) in [5, 5.41) is 0. The maximum absolute atomic E-state index is 12.7. The van der Waals surface area contributed by atoms with Gasteiger partial charge < -0.3 is 14.4 Å². The van der Waals surface area contributed by atoms with Gasteiger partial charge in [-0.25, -0.2) is 0 Å². The van der Waals surface area contributed by atoms with Crippen molar-refractivity contribution in [3.8, 4) is 11.5 Å². The molecule has 1 atom stereocenters. The Morgan fingerprint density at radius 3 is 2.32 bits per heavy atom. The fourth-order valence-electron chi connectivity index (χ4n) is 3.00. The van der Waals surface area contributed by atoms with Crippen molar-refractivity contribution in [1.82, 2.24) is 4.90 Å². The summed E-state index contributed by atoms with van der Waals surface area (Å²) in [5.74, 6) is 1.58. The van der Waals surface area contributed by atoms with Gasteiger partial charge in [-0.2, -0.15) is 0 Å². The monoisotopic (exact) mass is 305 g/mol. The molecule has 0 spiro atoms. The number of likely N-dealkylation sites (N-methyl/N-ethyl adjacent to an activating group) is 1. The number of hydrogen-bond donors (Lipinski definition) is 0. The maximum Gasteiger partial charge on any atom is 0.263 e. The summed E-state index contributed by atoms with van der Waals surface area (Å²) in [4.78, 5) is 14.6. The standard InChI is InChI=1S/C18H27NO3/c1-4-17(22-16-12-10-15(21-3)11-13-16)18(20)19(2)14-8-6-5-7-9-14/h10-14,17H,4-9H2,1-3H3/t17-/m0/s1. The van der Waals surface area contributed by atoms with Crippen LogP contribution in [0.3, 0.4) is 0 Å². The van der Waals surface area contributed by atoms with Crippen LogP contribution in [0, 0.1) is 0 Å². The molecule has 1 aromatic rings. The molecule has 2 rings (SSSR count). The second-order valence-electron chi connectivity index (χ2n) is 5.93. The molecule has 0 unspecified atom stereocenters. The summed E-state index contributed by atoms with van der Waals surface area (Å²) in [7, 11) is 3.55. The maximum atomic E-state index is 12.7. The topological polar surface area (TPSA) is 38.8 Å². The van der Waals surface area contributed by atoms with Crippen LogP contribution < -0.4 is 9.47 Å². The van der Waals surface area contributed by atoms with Gasteiger partial charge in [-0.05, 0) is 43.5 Å². The van der Waals surface area contributed by atoms with Crippen molar-refractivity contribution in [2.75, 3.05) is 14.2 Å². The Labute approximate surface area is 133 Å². The normalized spacial score (nSPS) is 16.9. The second kappa shape index (κ2) is 8.06. The zero-order valence-electron chi connectivity index (χ0n) is 13.9. The molecule has 1 aliphatic carbocycles. The summed E-state index contributed by atoms with van der Waals surface area (Å²) in [6.07, 6.45) is 6.21. The molecular weight excluding hydrogens is 278 g/mol. The van der Waals surface area contributed by atoms with E-state index in [1.807, 2.05) is 43.1 Å². The molecular formula is C18H27NO3. The van der Waals surface area contributed by atoms with Crippen LogP contribution in [-0.4, -0.2) is 37.1 Å². The first-order chi connectivity index (χ1) is 10.7. The van der Waals surface area contributed by atoms with E-state index >= 15 is 0 Å². The third kappa shape index (κ3) is 4.15. The molecule has 4 nitrogen and oxygen atoms in total. The van der Waals surface area contributed by atoms with E-state index in [-0.39, 0.29) is 5.91 Å². The van der Waals surface area contributed by atoms with Gasteiger partial charge in [0.1, 0.15) is 11.5 Å². The summed E-state index contributed by atoms with van der Waals surface area (Å²) in [6, 6.07) is 7.74. The van der Waals surface area contributed by atoms with Crippen LogP contribution in [0.2, 0.25) is 0 Å². The van der Waals surface area contributed by atoms with E-state index in [1.165, 1.54) is 19.3 Å². The third-order valence-electron chi connectivity index (χ3n) is 4.45. The van der Waals surface area contributed by atoms with Crippen molar-refractivity contribution in [3.63, 3.8) is 0 Å². The number of carbonyl (C=O) groups is 1. The highest BCUT2D eigenvalue weighted by Crippen LogP contribution is 2.24. The molecule has 0 radical (unpaired) electrons. The van der Waals surface area contributed by atoms with Crippen molar-refractivity contribution in [1.29, 1.82) is 0 Å². The first kappa shape index (κ1) is 16.7. The Morgan fingerprint density at radius 2 is 1.77 bits per heavy atom. The molecule has 122 valence electrons. The highest BCUT2D eigenvalue weighted by molar-refractivity contribution is 5.81. The number of carbonyl (C=O) groups excluding carboxylic acids is 1. The van der Waals surface area contributed by atoms with Gasteiger partial charge in [-0.3, -0.25) is 4.79 Å². The zero-order valence-corrected chi connectivity index (χ0v) is 13.9. The molecule has 1 saturated carbocycles. The fourth-order valence-corrected chi connectivity index (χ4v) is 3.00. The average molecular weight is 305 g/mol. The van der Waals surface area contributed by atoms with Crippen molar-refractivity contribution < 1.29 is 14.3 Å². The van der Waals surface area contributed by atoms with Crippen LogP contribution in [-0.2, 0) is 4.79 Å². The minimum atomic E-state index is -0.416. The van der Waals surface area contributed by atoms with E-state index in [1.54, 1.807) is 7.11 Å². The molecule has 0 saturated heterocycles. The second-order valence-corrected chi connectivity index (χ2v) is 5.93. The summed E-state index contributed by atoms with van der Waals surface area (Å²) in [5.41, 5.74) is 0. The molecule has 1 fully saturated rings. The van der Waals surface area contributed by atoms with Gasteiger partial charge in [0.15, 0.2) is 6.10 Å². The lowest BCUT2D eigenvalue weighted by Crippen LogP contribution is -2.45. The Morgan fingerprint density at radius 1 is 1.18 bits per heavy atom. The van der Waals surface area contributed by atoms with Crippen LogP contribution in [0.25, 0.3) is 0 Å². The Bertz CT molecular complexity index is 466. The van der Waals surface area contributed by atoms with Crippen LogP contribution in [0.1, 0.15) is 45.4 Å². The SMILES string of the molecule is CC[C@H](Oc1ccc(OC)cc1)C(=O)N(C)C1CCCCC1. The lowest BCUT2D eigenvalue weighted by molar-refractivity contribution is -0.140. The van der Waals surface area contributed by atoms with Gasteiger partial charge >= 0.3 is 0 Å². The molecule has 1 aliphatic rings. The van der Waals surface area contributed by atoms with E-state index in [0.29, 0.717) is 18.2 Å². The average Bonchev–Trinajstić information content (AvgIpc) is 2.59. The molecule has 4 heteroatoms. The Hall–Kier alpha value is -1.71. The van der Waals surface area contributed by atoms with Gasteiger partial charge in [-0.15, -0.1) is 0 Å². The predicted molar refractivity (Wildman–Crippen MR) is 87.3 cm³/mol. The molecule has 1 amide bonds. The van der Waals surface area contributed by atoms with Gasteiger partial charge in [-0.1, -0.05) is 26.2 Å². The van der Waals surface area contributed by atoms with Crippen molar-refractivity contribution in [2.24, 2.45) is 0 Å². The lowest BCUT2D eigenvalue weighted by Gasteiger charge is -2.33. The molecule has 0 heterocycles. The van der Waals surface area contributed by atoms with Gasteiger partial charge in [0.2, 0.25) is 0 Å². The Balaban J connectivity index is 1.98. The number of amides is 1. The van der Waals surface area contributed by atoms with Crippen molar-refractivity contribution in [3.05, 3.63) is 24.3 Å². The number of benzene rings is 1. The number of rotatable bonds is 6. The van der Waals surface area contributed by atoms with Crippen LogP contribution in [0.4, 0.5) is 0 Å². The quantitative estimate of drug-likeness (QED) is 0.805. The van der Waals surface area contributed by atoms with Crippen LogP contribution in [0.15, 0.2) is 24.3 Å². The molecule has 22 heavy (non-hydrogen) atoms. The minimum absolute atomic E-state index is 0.0882. The third-order valence-corrected chi connectivity index (χ3v) is 4.45. The Kier molecular flexibility index (Phi) is 6.10. The van der Waals surface area contributed by atoms with Gasteiger partial charge in [0, 0.05) is 13.1 Å². The van der Waals surface area contributed by atoms with E-state index in [4.69, 9.17) is 9.47 Å². The van der Waals surface area contributed by atoms with Gasteiger partial charge in [0.25, 0.3) is 5.91 Å². The van der Waals surface area contributed by atoms with Crippen molar-refractivity contribution in [2.45, 2.75) is 57.6 Å². The summed E-state index contributed by atoms with van der Waals surface area (Å²) < 4.78 is 11.0. The fraction of sp³-hybridized carbons (Fsp3) is 0.611. The number of methoxy groups -OCH3 is 1. The van der Waals surface area contributed by atoms with Gasteiger partial charge in [0.05, 0.1) is 7.11 Å². The first-order valence-electron chi connectivity index (χ1n) is 8.23.